The van der Waals surface area contributed by atoms with E-state index >= 15 is 0 Å². The van der Waals surface area contributed by atoms with E-state index in [9.17, 15) is 9.59 Å². The molecule has 27 heavy (non-hydrogen) atoms. The van der Waals surface area contributed by atoms with E-state index in [1.54, 1.807) is 4.90 Å². The summed E-state index contributed by atoms with van der Waals surface area (Å²) in [5.74, 6) is 0.375. The standard InChI is InChI=1S/C22H32N2O3/c1-4-17(3)23-21(26)19-15-27-22(12-8-9-16(2)14-22)24(19)20(25)13-18-10-6-5-7-11-18/h5-7,10-11,16-17,19H,4,8-9,12-15H2,1-3H3,(H,23,26)/t16-,17+,19+,22-/m0/s1. The van der Waals surface area contributed by atoms with Crippen molar-refractivity contribution in [1.29, 1.82) is 0 Å². The zero-order chi connectivity index (χ0) is 19.4. The Labute approximate surface area is 162 Å². The van der Waals surface area contributed by atoms with Crippen LogP contribution < -0.4 is 5.32 Å². The highest BCUT2D eigenvalue weighted by atomic mass is 16.5. The summed E-state index contributed by atoms with van der Waals surface area (Å²) in [5.41, 5.74) is 0.343. The average Bonchev–Trinajstić information content (AvgIpc) is 3.00. The van der Waals surface area contributed by atoms with Crippen molar-refractivity contribution in [2.24, 2.45) is 5.92 Å². The molecule has 1 N–H and O–H groups in total. The minimum absolute atomic E-state index is 0.0166. The molecule has 2 amide bonds. The minimum Gasteiger partial charge on any atom is -0.353 e. The zero-order valence-electron chi connectivity index (χ0n) is 16.7. The molecule has 1 aliphatic heterocycles. The van der Waals surface area contributed by atoms with Gasteiger partial charge in [0, 0.05) is 6.04 Å². The van der Waals surface area contributed by atoms with Crippen LogP contribution in [0, 0.1) is 5.92 Å². The number of benzene rings is 1. The van der Waals surface area contributed by atoms with Crippen LogP contribution in [-0.2, 0) is 20.7 Å². The Morgan fingerprint density at radius 2 is 2.07 bits per heavy atom. The summed E-state index contributed by atoms with van der Waals surface area (Å²) >= 11 is 0. The summed E-state index contributed by atoms with van der Waals surface area (Å²) in [5, 5.41) is 3.04. The van der Waals surface area contributed by atoms with E-state index in [2.05, 4.69) is 12.2 Å². The number of nitrogens with zero attached hydrogens (tertiary/aromatic N) is 1. The molecule has 1 spiro atoms. The van der Waals surface area contributed by atoms with Crippen LogP contribution in [0.15, 0.2) is 30.3 Å². The molecule has 1 aromatic rings. The van der Waals surface area contributed by atoms with Gasteiger partial charge in [0.05, 0.1) is 13.0 Å². The quantitative estimate of drug-likeness (QED) is 0.863. The second-order valence-electron chi connectivity index (χ2n) is 8.22. The summed E-state index contributed by atoms with van der Waals surface area (Å²) in [6, 6.07) is 9.28. The summed E-state index contributed by atoms with van der Waals surface area (Å²) < 4.78 is 6.22. The van der Waals surface area contributed by atoms with Gasteiger partial charge in [0.2, 0.25) is 11.8 Å². The molecule has 148 valence electrons. The number of ether oxygens (including phenoxy) is 1. The van der Waals surface area contributed by atoms with Gasteiger partial charge < -0.3 is 10.1 Å². The number of nitrogens with one attached hydrogen (secondary N) is 1. The molecule has 4 atom stereocenters. The second-order valence-corrected chi connectivity index (χ2v) is 8.22. The Kier molecular flexibility index (Phi) is 6.20. The van der Waals surface area contributed by atoms with Gasteiger partial charge >= 0.3 is 0 Å². The lowest BCUT2D eigenvalue weighted by Gasteiger charge is -2.43. The fraction of sp³-hybridized carbons (Fsp3) is 0.636. The van der Waals surface area contributed by atoms with E-state index in [1.165, 1.54) is 0 Å². The van der Waals surface area contributed by atoms with E-state index in [1.807, 2.05) is 44.2 Å². The molecule has 0 bridgehead atoms. The number of rotatable bonds is 5. The molecule has 1 aromatic carbocycles. The molecule has 5 heteroatoms. The number of hydrogen-bond donors (Lipinski definition) is 1. The average molecular weight is 373 g/mol. The van der Waals surface area contributed by atoms with Crippen LogP contribution in [0.3, 0.4) is 0 Å². The fourth-order valence-electron chi connectivity index (χ4n) is 4.38. The van der Waals surface area contributed by atoms with Crippen molar-refractivity contribution in [2.75, 3.05) is 6.61 Å². The van der Waals surface area contributed by atoms with Crippen LogP contribution in [0.2, 0.25) is 0 Å². The third-order valence-electron chi connectivity index (χ3n) is 5.96. The minimum atomic E-state index is -0.624. The van der Waals surface area contributed by atoms with Crippen LogP contribution in [-0.4, -0.2) is 41.1 Å². The highest BCUT2D eigenvalue weighted by molar-refractivity contribution is 5.89. The van der Waals surface area contributed by atoms with Gasteiger partial charge in [-0.2, -0.15) is 0 Å². The maximum Gasteiger partial charge on any atom is 0.245 e. The lowest BCUT2D eigenvalue weighted by molar-refractivity contribution is -0.162. The predicted octanol–water partition coefficient (Wildman–Crippen LogP) is 3.28. The molecular formula is C22H32N2O3. The molecule has 0 radical (unpaired) electrons. The number of carbonyl (C=O) groups is 2. The van der Waals surface area contributed by atoms with Crippen LogP contribution in [0.5, 0.6) is 0 Å². The van der Waals surface area contributed by atoms with E-state index in [-0.39, 0.29) is 24.5 Å². The molecule has 3 rings (SSSR count). The van der Waals surface area contributed by atoms with E-state index in [0.29, 0.717) is 12.3 Å². The van der Waals surface area contributed by atoms with Gasteiger partial charge in [-0.25, -0.2) is 0 Å². The Morgan fingerprint density at radius 3 is 2.74 bits per heavy atom. The number of carbonyl (C=O) groups excluding carboxylic acids is 2. The first-order valence-corrected chi connectivity index (χ1v) is 10.3. The van der Waals surface area contributed by atoms with Gasteiger partial charge in [-0.15, -0.1) is 0 Å². The summed E-state index contributed by atoms with van der Waals surface area (Å²) in [6.45, 7) is 6.52. The molecule has 1 heterocycles. The highest BCUT2D eigenvalue weighted by Crippen LogP contribution is 2.43. The highest BCUT2D eigenvalue weighted by Gasteiger charge is 2.53. The van der Waals surface area contributed by atoms with Crippen molar-refractivity contribution >= 4 is 11.8 Å². The SMILES string of the molecule is CC[C@@H](C)NC(=O)[C@H]1CO[C@]2(CCC[C@H](C)C2)N1C(=O)Cc1ccccc1. The van der Waals surface area contributed by atoms with Gasteiger partial charge in [0.15, 0.2) is 0 Å². The molecule has 1 aliphatic carbocycles. The maximum atomic E-state index is 13.3. The zero-order valence-corrected chi connectivity index (χ0v) is 16.7. The smallest absolute Gasteiger partial charge is 0.245 e. The molecule has 2 aliphatic rings. The molecule has 2 fully saturated rings. The number of amides is 2. The summed E-state index contributed by atoms with van der Waals surface area (Å²) in [6.07, 6.45) is 4.95. The van der Waals surface area contributed by atoms with Gasteiger partial charge in [-0.05, 0) is 44.1 Å². The van der Waals surface area contributed by atoms with Crippen molar-refractivity contribution < 1.29 is 14.3 Å². The normalized spacial score (nSPS) is 28.9. The molecule has 1 saturated carbocycles. The van der Waals surface area contributed by atoms with Crippen LogP contribution >= 0.6 is 0 Å². The van der Waals surface area contributed by atoms with Crippen LogP contribution in [0.4, 0.5) is 0 Å². The fourth-order valence-corrected chi connectivity index (χ4v) is 4.38. The maximum absolute atomic E-state index is 13.3. The van der Waals surface area contributed by atoms with Crippen molar-refractivity contribution in [2.45, 2.75) is 77.1 Å². The lowest BCUT2D eigenvalue weighted by Crippen LogP contribution is -2.58. The first-order valence-electron chi connectivity index (χ1n) is 10.3. The number of hydrogen-bond acceptors (Lipinski definition) is 3. The monoisotopic (exact) mass is 372 g/mol. The van der Waals surface area contributed by atoms with E-state index < -0.39 is 11.8 Å². The van der Waals surface area contributed by atoms with Crippen molar-refractivity contribution in [3.05, 3.63) is 35.9 Å². The third-order valence-corrected chi connectivity index (χ3v) is 5.96. The van der Waals surface area contributed by atoms with Crippen molar-refractivity contribution in [3.8, 4) is 0 Å². The largest absolute Gasteiger partial charge is 0.353 e. The van der Waals surface area contributed by atoms with Crippen LogP contribution in [0.25, 0.3) is 0 Å². The third kappa shape index (κ3) is 4.34. The van der Waals surface area contributed by atoms with Gasteiger partial charge in [0.1, 0.15) is 11.8 Å². The van der Waals surface area contributed by atoms with E-state index in [0.717, 1.165) is 37.7 Å². The Hall–Kier alpha value is -1.88. The van der Waals surface area contributed by atoms with Crippen molar-refractivity contribution in [1.82, 2.24) is 10.2 Å². The molecule has 5 nitrogen and oxygen atoms in total. The molecule has 1 saturated heterocycles. The Balaban J connectivity index is 1.85. The summed E-state index contributed by atoms with van der Waals surface area (Å²) in [4.78, 5) is 28.0. The second kappa shape index (κ2) is 8.42. The van der Waals surface area contributed by atoms with Gasteiger partial charge in [-0.1, -0.05) is 50.6 Å². The molecule has 0 aromatic heterocycles. The lowest BCUT2D eigenvalue weighted by atomic mass is 9.83. The van der Waals surface area contributed by atoms with Crippen LogP contribution in [0.1, 0.15) is 58.4 Å². The summed E-state index contributed by atoms with van der Waals surface area (Å²) in [7, 11) is 0. The molecule has 0 unspecified atom stereocenters. The van der Waals surface area contributed by atoms with E-state index in [4.69, 9.17) is 4.74 Å². The van der Waals surface area contributed by atoms with Crippen molar-refractivity contribution in [3.63, 3.8) is 0 Å². The first-order chi connectivity index (χ1) is 12.9. The Bertz CT molecular complexity index is 663. The Morgan fingerprint density at radius 1 is 1.33 bits per heavy atom. The van der Waals surface area contributed by atoms with Gasteiger partial charge in [0.25, 0.3) is 0 Å². The topological polar surface area (TPSA) is 58.6 Å². The predicted molar refractivity (Wildman–Crippen MR) is 105 cm³/mol. The molecular weight excluding hydrogens is 340 g/mol. The van der Waals surface area contributed by atoms with Gasteiger partial charge in [-0.3, -0.25) is 14.5 Å². The first kappa shape index (κ1) is 19.9.